The molecule has 1 aliphatic carbocycles. The molecule has 0 spiro atoms. The number of carbonyl (C=O) groups is 2. The number of allylic oxidation sites excluding steroid dienone is 3. The maximum absolute atomic E-state index is 13.7. The number of thiazole rings is 1. The molecule has 0 fully saturated rings. The van der Waals surface area contributed by atoms with Crippen molar-refractivity contribution in [1.29, 1.82) is 0 Å². The van der Waals surface area contributed by atoms with Crippen LogP contribution in [0.1, 0.15) is 45.1 Å². The zero-order chi connectivity index (χ0) is 24.2. The van der Waals surface area contributed by atoms with E-state index >= 15 is 0 Å². The minimum atomic E-state index is -0.580. The summed E-state index contributed by atoms with van der Waals surface area (Å²) >= 11 is 4.83. The number of hydrogen-bond donors (Lipinski definition) is 2. The molecule has 0 radical (unpaired) electrons. The summed E-state index contributed by atoms with van der Waals surface area (Å²) in [4.78, 5) is 31.5. The van der Waals surface area contributed by atoms with Gasteiger partial charge >= 0.3 is 0 Å². The summed E-state index contributed by atoms with van der Waals surface area (Å²) in [5.74, 6) is -1.27. The van der Waals surface area contributed by atoms with Crippen LogP contribution in [0.3, 0.4) is 0 Å². The molecule has 5 nitrogen and oxygen atoms in total. The number of Topliss-reactive ketones (excluding diaryl/α,β-unsaturated/α-hetero) is 1. The Kier molecular flexibility index (Phi) is 5.68. The second-order valence-electron chi connectivity index (χ2n) is 9.57. The van der Waals surface area contributed by atoms with Crippen LogP contribution in [0.5, 0.6) is 0 Å². The number of nitrogens with zero attached hydrogens (tertiary/aromatic N) is 1. The number of nitrogens with one attached hydrogen (secondary N) is 2. The van der Waals surface area contributed by atoms with Gasteiger partial charge in [0, 0.05) is 39.4 Å². The van der Waals surface area contributed by atoms with Crippen LogP contribution < -0.4 is 10.6 Å². The van der Waals surface area contributed by atoms with Crippen molar-refractivity contribution in [2.24, 2.45) is 5.41 Å². The topological polar surface area (TPSA) is 71.1 Å². The fourth-order valence-electron chi connectivity index (χ4n) is 4.84. The lowest BCUT2D eigenvalue weighted by Crippen LogP contribution is -2.39. The molecule has 5 rings (SSSR count). The molecule has 1 amide bonds. The molecule has 3 aromatic rings. The van der Waals surface area contributed by atoms with Crippen LogP contribution in [-0.4, -0.2) is 16.7 Å². The Morgan fingerprint density at radius 2 is 1.94 bits per heavy atom. The van der Waals surface area contributed by atoms with E-state index in [2.05, 4.69) is 45.4 Å². The van der Waals surface area contributed by atoms with Gasteiger partial charge in [-0.15, -0.1) is 0 Å². The van der Waals surface area contributed by atoms with Gasteiger partial charge in [-0.2, -0.15) is 0 Å². The van der Waals surface area contributed by atoms with Crippen molar-refractivity contribution in [2.45, 2.75) is 39.5 Å². The number of amides is 1. The minimum absolute atomic E-state index is 0.00992. The van der Waals surface area contributed by atoms with Crippen LogP contribution in [0.25, 0.3) is 10.2 Å². The lowest BCUT2D eigenvalue weighted by atomic mass is 9.68. The van der Waals surface area contributed by atoms with E-state index in [4.69, 9.17) is 0 Å². The van der Waals surface area contributed by atoms with Crippen LogP contribution in [0.4, 0.5) is 9.52 Å². The molecule has 0 saturated carbocycles. The third kappa shape index (κ3) is 4.20. The molecule has 1 atom stereocenters. The van der Waals surface area contributed by atoms with Crippen molar-refractivity contribution in [2.75, 3.05) is 5.32 Å². The summed E-state index contributed by atoms with van der Waals surface area (Å²) in [6.07, 6.45) is 1.09. The van der Waals surface area contributed by atoms with Crippen molar-refractivity contribution < 1.29 is 14.0 Å². The number of benzene rings is 2. The zero-order valence-electron chi connectivity index (χ0n) is 19.0. The van der Waals surface area contributed by atoms with Gasteiger partial charge in [-0.3, -0.25) is 14.9 Å². The summed E-state index contributed by atoms with van der Waals surface area (Å²) in [5, 5.41) is 6.76. The first-order valence-corrected chi connectivity index (χ1v) is 12.6. The van der Waals surface area contributed by atoms with Gasteiger partial charge in [-0.25, -0.2) is 9.37 Å². The van der Waals surface area contributed by atoms with Crippen molar-refractivity contribution in [3.05, 3.63) is 80.9 Å². The number of dihydropyridines is 1. The molecule has 2 aliphatic rings. The molecule has 2 N–H and O–H groups in total. The molecule has 2 heterocycles. The Labute approximate surface area is 209 Å². The highest BCUT2D eigenvalue weighted by atomic mass is 79.9. The molecule has 1 aliphatic heterocycles. The number of aromatic nitrogens is 1. The van der Waals surface area contributed by atoms with Gasteiger partial charge in [-0.1, -0.05) is 53.2 Å². The van der Waals surface area contributed by atoms with E-state index in [1.54, 1.807) is 12.1 Å². The summed E-state index contributed by atoms with van der Waals surface area (Å²) in [6.45, 7) is 5.97. The number of anilines is 1. The van der Waals surface area contributed by atoms with Crippen LogP contribution in [0.15, 0.2) is 69.5 Å². The van der Waals surface area contributed by atoms with Gasteiger partial charge < -0.3 is 5.32 Å². The van der Waals surface area contributed by atoms with Gasteiger partial charge in [0.15, 0.2) is 10.9 Å². The van der Waals surface area contributed by atoms with Crippen LogP contribution in [0.2, 0.25) is 0 Å². The Bertz CT molecular complexity index is 1410. The highest BCUT2D eigenvalue weighted by Gasteiger charge is 2.42. The predicted molar refractivity (Wildman–Crippen MR) is 136 cm³/mol. The summed E-state index contributed by atoms with van der Waals surface area (Å²) in [6, 6.07) is 11.8. The van der Waals surface area contributed by atoms with E-state index in [0.29, 0.717) is 40.4 Å². The molecular weight excluding hydrogens is 517 g/mol. The first kappa shape index (κ1) is 22.9. The molecule has 1 aromatic heterocycles. The molecule has 8 heteroatoms. The van der Waals surface area contributed by atoms with E-state index in [1.807, 2.05) is 25.1 Å². The smallest absolute Gasteiger partial charge is 0.256 e. The summed E-state index contributed by atoms with van der Waals surface area (Å²) in [7, 11) is 0. The Morgan fingerprint density at radius 1 is 1.21 bits per heavy atom. The third-order valence-corrected chi connectivity index (χ3v) is 7.70. The average Bonchev–Trinajstić information content (AvgIpc) is 3.13. The second kappa shape index (κ2) is 8.43. The van der Waals surface area contributed by atoms with Crippen molar-refractivity contribution in [3.63, 3.8) is 0 Å². The van der Waals surface area contributed by atoms with Gasteiger partial charge in [0.1, 0.15) is 5.82 Å². The van der Waals surface area contributed by atoms with E-state index in [0.717, 1.165) is 20.4 Å². The van der Waals surface area contributed by atoms with Crippen LogP contribution in [0, 0.1) is 11.2 Å². The highest BCUT2D eigenvalue weighted by molar-refractivity contribution is 9.10. The van der Waals surface area contributed by atoms with E-state index in [1.165, 1.54) is 23.5 Å². The second-order valence-corrected chi connectivity index (χ2v) is 11.5. The van der Waals surface area contributed by atoms with Gasteiger partial charge in [0.2, 0.25) is 0 Å². The number of halogens is 2. The monoisotopic (exact) mass is 539 g/mol. The van der Waals surface area contributed by atoms with E-state index < -0.39 is 5.92 Å². The quantitative estimate of drug-likeness (QED) is 0.401. The molecule has 2 aromatic carbocycles. The van der Waals surface area contributed by atoms with Crippen LogP contribution in [-0.2, 0) is 9.59 Å². The molecule has 0 bridgehead atoms. The fraction of sp³-hybridized carbons (Fsp3) is 0.269. The number of rotatable bonds is 3. The first-order chi connectivity index (χ1) is 16.1. The van der Waals surface area contributed by atoms with Gasteiger partial charge in [0.05, 0.1) is 10.2 Å². The Balaban J connectivity index is 1.57. The first-order valence-electron chi connectivity index (χ1n) is 11.0. The molecule has 1 unspecified atom stereocenters. The summed E-state index contributed by atoms with van der Waals surface area (Å²) < 4.78 is 15.6. The van der Waals surface area contributed by atoms with E-state index in [9.17, 15) is 14.0 Å². The maximum atomic E-state index is 13.7. The normalized spacial score (nSPS) is 19.8. The summed E-state index contributed by atoms with van der Waals surface area (Å²) in [5.41, 5.74) is 3.88. The lowest BCUT2D eigenvalue weighted by molar-refractivity contribution is -0.118. The largest absolute Gasteiger partial charge is 0.362 e. The number of hydrogen-bond acceptors (Lipinski definition) is 5. The van der Waals surface area contributed by atoms with Crippen molar-refractivity contribution in [1.82, 2.24) is 10.3 Å². The standard InChI is InChI=1S/C26H23BrFN3O2S/c1-13-21(24(33)31-25-30-17-10-15(27)6-9-20(17)34-25)22(14-4-7-16(28)8-5-14)23-18(29-13)11-26(2,3)12-19(23)32/h4-10,22,29H,11-12H2,1-3H3,(H,30,31,33). The van der Waals surface area contributed by atoms with E-state index in [-0.39, 0.29) is 22.9 Å². The SMILES string of the molecule is CC1=C(C(=O)Nc2nc3cc(Br)ccc3s2)C(c2ccc(F)cc2)C2=C(CC(C)(C)CC2=O)N1. The highest BCUT2D eigenvalue weighted by Crippen LogP contribution is 2.46. The van der Waals surface area contributed by atoms with Crippen molar-refractivity contribution in [3.8, 4) is 0 Å². The van der Waals surface area contributed by atoms with Crippen LogP contribution >= 0.6 is 27.3 Å². The molecular formula is C26H23BrFN3O2S. The van der Waals surface area contributed by atoms with Gasteiger partial charge in [0.25, 0.3) is 5.91 Å². The number of fused-ring (bicyclic) bond motifs is 1. The minimum Gasteiger partial charge on any atom is -0.362 e. The zero-order valence-corrected chi connectivity index (χ0v) is 21.4. The predicted octanol–water partition coefficient (Wildman–Crippen LogP) is 6.44. The molecule has 174 valence electrons. The number of carbonyl (C=O) groups excluding carboxylic acids is 2. The van der Waals surface area contributed by atoms with Gasteiger partial charge in [-0.05, 0) is 54.7 Å². The Hall–Kier alpha value is -2.84. The molecule has 0 saturated heterocycles. The number of ketones is 1. The third-order valence-electron chi connectivity index (χ3n) is 6.26. The fourth-order valence-corrected chi connectivity index (χ4v) is 6.03. The Morgan fingerprint density at radius 3 is 2.68 bits per heavy atom. The maximum Gasteiger partial charge on any atom is 0.256 e. The molecule has 34 heavy (non-hydrogen) atoms. The average molecular weight is 540 g/mol. The lowest BCUT2D eigenvalue weighted by Gasteiger charge is -2.39. The van der Waals surface area contributed by atoms with Crippen molar-refractivity contribution >= 4 is 54.3 Å².